The van der Waals surface area contributed by atoms with Crippen LogP contribution >= 0.6 is 11.6 Å². The largest absolute Gasteiger partial charge is 0.423 e. The molecule has 0 atom stereocenters. The molecule has 2 N–H and O–H groups in total. The second kappa shape index (κ2) is 6.55. The third kappa shape index (κ3) is 3.52. The third-order valence-electron chi connectivity index (χ3n) is 3.40. The van der Waals surface area contributed by atoms with Gasteiger partial charge in [0, 0.05) is 0 Å². The molecular formula is C19H14ClNO2. The van der Waals surface area contributed by atoms with Gasteiger partial charge in [-0.25, -0.2) is 4.79 Å². The highest BCUT2D eigenvalue weighted by Gasteiger charge is 2.10. The van der Waals surface area contributed by atoms with Crippen molar-refractivity contribution in [1.29, 1.82) is 0 Å². The van der Waals surface area contributed by atoms with Crippen molar-refractivity contribution in [3.8, 4) is 16.9 Å². The van der Waals surface area contributed by atoms with E-state index in [0.29, 0.717) is 22.0 Å². The minimum absolute atomic E-state index is 0.348. The van der Waals surface area contributed by atoms with E-state index in [4.69, 9.17) is 22.1 Å². The summed E-state index contributed by atoms with van der Waals surface area (Å²) >= 11 is 5.84. The lowest BCUT2D eigenvalue weighted by molar-refractivity contribution is 0.0735. The van der Waals surface area contributed by atoms with Crippen LogP contribution in [0.1, 0.15) is 10.4 Å². The summed E-state index contributed by atoms with van der Waals surface area (Å²) < 4.78 is 5.35. The number of carbonyl (C=O) groups excluding carboxylic acids is 1. The zero-order chi connectivity index (χ0) is 16.2. The standard InChI is InChI=1S/C19H14ClNO2/c20-17-11-8-15(12-18(17)21)19(22)23-16-9-6-14(7-10-16)13-4-2-1-3-5-13/h1-12H,21H2. The van der Waals surface area contributed by atoms with Crippen LogP contribution in [0.3, 0.4) is 0 Å². The zero-order valence-corrected chi connectivity index (χ0v) is 13.0. The number of hydrogen-bond acceptors (Lipinski definition) is 3. The average molecular weight is 324 g/mol. The van der Waals surface area contributed by atoms with Crippen LogP contribution in [-0.4, -0.2) is 5.97 Å². The number of halogens is 1. The molecule has 0 spiro atoms. The number of carbonyl (C=O) groups is 1. The van der Waals surface area contributed by atoms with E-state index in [9.17, 15) is 4.79 Å². The summed E-state index contributed by atoms with van der Waals surface area (Å²) in [6.45, 7) is 0. The number of rotatable bonds is 3. The first-order valence-electron chi connectivity index (χ1n) is 7.06. The summed E-state index contributed by atoms with van der Waals surface area (Å²) in [4.78, 5) is 12.1. The van der Waals surface area contributed by atoms with E-state index in [1.807, 2.05) is 42.5 Å². The van der Waals surface area contributed by atoms with Gasteiger partial charge in [-0.05, 0) is 41.5 Å². The SMILES string of the molecule is Nc1cc(C(=O)Oc2ccc(-c3ccccc3)cc2)ccc1Cl. The highest BCUT2D eigenvalue weighted by Crippen LogP contribution is 2.24. The normalized spacial score (nSPS) is 10.3. The maximum Gasteiger partial charge on any atom is 0.343 e. The zero-order valence-electron chi connectivity index (χ0n) is 12.2. The molecule has 0 bridgehead atoms. The molecule has 0 saturated carbocycles. The predicted octanol–water partition coefficient (Wildman–Crippen LogP) is 4.81. The fraction of sp³-hybridized carbons (Fsp3) is 0. The van der Waals surface area contributed by atoms with Gasteiger partial charge in [0.05, 0.1) is 16.3 Å². The molecule has 0 aliphatic carbocycles. The average Bonchev–Trinajstić information content (AvgIpc) is 2.59. The Kier molecular flexibility index (Phi) is 4.31. The van der Waals surface area contributed by atoms with Crippen LogP contribution in [0.2, 0.25) is 5.02 Å². The van der Waals surface area contributed by atoms with Gasteiger partial charge >= 0.3 is 5.97 Å². The first-order chi connectivity index (χ1) is 11.1. The smallest absolute Gasteiger partial charge is 0.343 e. The lowest BCUT2D eigenvalue weighted by Gasteiger charge is -2.07. The fourth-order valence-corrected chi connectivity index (χ4v) is 2.30. The van der Waals surface area contributed by atoms with Crippen LogP contribution in [0.5, 0.6) is 5.75 Å². The summed E-state index contributed by atoms with van der Waals surface area (Å²) in [5.41, 5.74) is 8.57. The Balaban J connectivity index is 1.75. The van der Waals surface area contributed by atoms with Gasteiger partial charge in [-0.1, -0.05) is 54.1 Å². The lowest BCUT2D eigenvalue weighted by Crippen LogP contribution is -2.08. The molecule has 0 aromatic heterocycles. The first kappa shape index (κ1) is 15.1. The summed E-state index contributed by atoms with van der Waals surface area (Å²) in [5, 5.41) is 0.411. The minimum Gasteiger partial charge on any atom is -0.423 e. The number of anilines is 1. The summed E-state index contributed by atoms with van der Waals surface area (Å²) in [5.74, 6) is 0.00373. The molecule has 0 saturated heterocycles. The van der Waals surface area contributed by atoms with Gasteiger partial charge in [-0.3, -0.25) is 0 Å². The lowest BCUT2D eigenvalue weighted by atomic mass is 10.1. The highest BCUT2D eigenvalue weighted by molar-refractivity contribution is 6.33. The Labute approximate surface area is 139 Å². The van der Waals surface area contributed by atoms with Gasteiger partial charge in [-0.2, -0.15) is 0 Å². The van der Waals surface area contributed by atoms with E-state index in [2.05, 4.69) is 0 Å². The maximum absolute atomic E-state index is 12.1. The van der Waals surface area contributed by atoms with Crippen molar-refractivity contribution in [2.24, 2.45) is 0 Å². The van der Waals surface area contributed by atoms with Crippen LogP contribution in [-0.2, 0) is 0 Å². The number of esters is 1. The Hall–Kier alpha value is -2.78. The monoisotopic (exact) mass is 323 g/mol. The number of nitrogens with two attached hydrogens (primary N) is 1. The molecule has 0 aliphatic heterocycles. The number of nitrogen functional groups attached to an aromatic ring is 1. The first-order valence-corrected chi connectivity index (χ1v) is 7.44. The van der Waals surface area contributed by atoms with E-state index in [-0.39, 0.29) is 0 Å². The van der Waals surface area contributed by atoms with E-state index < -0.39 is 5.97 Å². The van der Waals surface area contributed by atoms with Gasteiger partial charge in [0.25, 0.3) is 0 Å². The molecule has 0 radical (unpaired) electrons. The summed E-state index contributed by atoms with van der Waals surface area (Å²) in [7, 11) is 0. The maximum atomic E-state index is 12.1. The molecule has 0 amide bonds. The van der Waals surface area contributed by atoms with Crippen molar-refractivity contribution >= 4 is 23.3 Å². The molecule has 3 aromatic carbocycles. The van der Waals surface area contributed by atoms with Gasteiger partial charge in [0.15, 0.2) is 0 Å². The van der Waals surface area contributed by atoms with Gasteiger partial charge in [0.2, 0.25) is 0 Å². The molecular weight excluding hydrogens is 310 g/mol. The molecule has 0 fully saturated rings. The third-order valence-corrected chi connectivity index (χ3v) is 3.75. The molecule has 4 heteroatoms. The second-order valence-electron chi connectivity index (χ2n) is 5.02. The molecule has 0 unspecified atom stereocenters. The Morgan fingerprint density at radius 1 is 0.870 bits per heavy atom. The van der Waals surface area contributed by atoms with E-state index in [1.54, 1.807) is 24.3 Å². The predicted molar refractivity (Wildman–Crippen MR) is 92.7 cm³/mol. The number of benzene rings is 3. The van der Waals surface area contributed by atoms with E-state index in [0.717, 1.165) is 11.1 Å². The Morgan fingerprint density at radius 2 is 1.52 bits per heavy atom. The van der Waals surface area contributed by atoms with Crippen molar-refractivity contribution in [2.45, 2.75) is 0 Å². The van der Waals surface area contributed by atoms with E-state index >= 15 is 0 Å². The number of ether oxygens (including phenoxy) is 1. The van der Waals surface area contributed by atoms with Gasteiger partial charge < -0.3 is 10.5 Å². The van der Waals surface area contributed by atoms with Crippen molar-refractivity contribution in [3.63, 3.8) is 0 Å². The van der Waals surface area contributed by atoms with Crippen molar-refractivity contribution in [3.05, 3.63) is 83.4 Å². The topological polar surface area (TPSA) is 52.3 Å². The summed E-state index contributed by atoms with van der Waals surface area (Å²) in [6, 6.07) is 22.0. The van der Waals surface area contributed by atoms with Crippen molar-refractivity contribution in [2.75, 3.05) is 5.73 Å². The molecule has 3 rings (SSSR count). The van der Waals surface area contributed by atoms with Crippen molar-refractivity contribution < 1.29 is 9.53 Å². The van der Waals surface area contributed by atoms with Gasteiger partial charge in [0.1, 0.15) is 5.75 Å². The summed E-state index contributed by atoms with van der Waals surface area (Å²) in [6.07, 6.45) is 0. The van der Waals surface area contributed by atoms with Crippen LogP contribution in [0.4, 0.5) is 5.69 Å². The molecule has 3 nitrogen and oxygen atoms in total. The van der Waals surface area contributed by atoms with Crippen LogP contribution in [0, 0.1) is 0 Å². The quantitative estimate of drug-likeness (QED) is 0.427. The molecule has 23 heavy (non-hydrogen) atoms. The second-order valence-corrected chi connectivity index (χ2v) is 5.42. The van der Waals surface area contributed by atoms with Gasteiger partial charge in [-0.15, -0.1) is 0 Å². The van der Waals surface area contributed by atoms with Crippen LogP contribution in [0.25, 0.3) is 11.1 Å². The molecule has 114 valence electrons. The van der Waals surface area contributed by atoms with E-state index in [1.165, 1.54) is 6.07 Å². The Morgan fingerprint density at radius 3 is 2.17 bits per heavy atom. The fourth-order valence-electron chi connectivity index (χ4n) is 2.18. The highest BCUT2D eigenvalue weighted by atomic mass is 35.5. The molecule has 0 heterocycles. The Bertz CT molecular complexity index is 830. The van der Waals surface area contributed by atoms with Crippen molar-refractivity contribution in [1.82, 2.24) is 0 Å². The van der Waals surface area contributed by atoms with Crippen LogP contribution in [0.15, 0.2) is 72.8 Å². The number of hydrogen-bond donors (Lipinski definition) is 1. The molecule has 3 aromatic rings. The van der Waals surface area contributed by atoms with Crippen LogP contribution < -0.4 is 10.5 Å². The minimum atomic E-state index is -0.471. The molecule has 0 aliphatic rings.